The van der Waals surface area contributed by atoms with E-state index in [1.165, 1.54) is 39.1 Å². The zero-order valence-electron chi connectivity index (χ0n) is 19.0. The minimum atomic E-state index is -4.58. The van der Waals surface area contributed by atoms with Crippen molar-refractivity contribution >= 4 is 44.6 Å². The number of fused-ring (bicyclic) bond motifs is 1. The predicted octanol–water partition coefficient (Wildman–Crippen LogP) is 6.33. The van der Waals surface area contributed by atoms with Crippen molar-refractivity contribution in [3.8, 4) is 0 Å². The fourth-order valence-corrected chi connectivity index (χ4v) is 6.37. The third-order valence-electron chi connectivity index (χ3n) is 6.35. The van der Waals surface area contributed by atoms with Crippen LogP contribution in [-0.4, -0.2) is 34.8 Å². The Labute approximate surface area is 213 Å². The average Bonchev–Trinajstić information content (AvgIpc) is 3.54. The molecule has 5 rings (SSSR count). The van der Waals surface area contributed by atoms with E-state index >= 15 is 0 Å². The lowest BCUT2D eigenvalue weighted by Crippen LogP contribution is -2.38. The van der Waals surface area contributed by atoms with Crippen molar-refractivity contribution < 1.29 is 22.8 Å². The minimum Gasteiger partial charge on any atom is -0.347 e. The van der Waals surface area contributed by atoms with Crippen LogP contribution in [0.4, 0.5) is 13.2 Å². The fourth-order valence-electron chi connectivity index (χ4n) is 4.43. The Morgan fingerprint density at radius 3 is 2.50 bits per heavy atom. The van der Waals surface area contributed by atoms with Crippen LogP contribution in [0.2, 0.25) is 0 Å². The summed E-state index contributed by atoms with van der Waals surface area (Å²) in [5.74, 6) is -0.801. The maximum atomic E-state index is 13.3. The molecule has 1 N–H and O–H groups in total. The highest BCUT2D eigenvalue weighted by Gasteiger charge is 2.36. The maximum Gasteiger partial charge on any atom is 0.417 e. The zero-order valence-corrected chi connectivity index (χ0v) is 20.7. The number of nitrogens with one attached hydrogen (secondary N) is 1. The molecule has 1 saturated heterocycles. The van der Waals surface area contributed by atoms with Crippen LogP contribution < -0.4 is 5.32 Å². The molecule has 36 heavy (non-hydrogen) atoms. The van der Waals surface area contributed by atoms with Gasteiger partial charge >= 0.3 is 6.18 Å². The summed E-state index contributed by atoms with van der Waals surface area (Å²) in [6.07, 6.45) is -3.43. The molecule has 1 fully saturated rings. The number of rotatable bonds is 5. The van der Waals surface area contributed by atoms with Gasteiger partial charge in [-0.05, 0) is 47.4 Å². The molecule has 0 radical (unpaired) electrons. The van der Waals surface area contributed by atoms with Crippen molar-refractivity contribution in [3.05, 3.63) is 86.7 Å². The molecule has 4 aromatic rings. The zero-order chi connectivity index (χ0) is 25.3. The summed E-state index contributed by atoms with van der Waals surface area (Å²) in [6, 6.07) is 12.9. The molecule has 2 aromatic carbocycles. The molecule has 0 bridgehead atoms. The fraction of sp³-hybridized carbons (Fsp3) is 0.269. The van der Waals surface area contributed by atoms with Crippen LogP contribution in [0.15, 0.2) is 59.3 Å². The molecule has 1 aliphatic rings. The number of nitrogens with zero attached hydrogens (tertiary/aromatic N) is 2. The topological polar surface area (TPSA) is 62.3 Å². The molecule has 0 atom stereocenters. The van der Waals surface area contributed by atoms with Crippen LogP contribution >= 0.6 is 22.7 Å². The Morgan fingerprint density at radius 2 is 1.72 bits per heavy atom. The van der Waals surface area contributed by atoms with E-state index in [9.17, 15) is 22.8 Å². The first-order valence-corrected chi connectivity index (χ1v) is 13.2. The molecule has 1 aliphatic heterocycles. The van der Waals surface area contributed by atoms with Gasteiger partial charge in [-0.3, -0.25) is 9.59 Å². The van der Waals surface area contributed by atoms with Gasteiger partial charge in [0.25, 0.3) is 11.8 Å². The first kappa shape index (κ1) is 24.5. The van der Waals surface area contributed by atoms with E-state index < -0.39 is 17.6 Å². The van der Waals surface area contributed by atoms with Crippen molar-refractivity contribution in [1.29, 1.82) is 0 Å². The number of thiazole rings is 1. The number of carbonyl (C=O) groups excluding carboxylic acids is 2. The van der Waals surface area contributed by atoms with E-state index in [2.05, 4.69) is 10.3 Å². The second-order valence-corrected chi connectivity index (χ2v) is 10.4. The number of amides is 2. The second kappa shape index (κ2) is 10.0. The van der Waals surface area contributed by atoms with Crippen LogP contribution in [0.5, 0.6) is 0 Å². The Morgan fingerprint density at radius 1 is 1.00 bits per heavy atom. The number of halogens is 3. The number of hydrogen-bond acceptors (Lipinski definition) is 5. The monoisotopic (exact) mass is 529 g/mol. The van der Waals surface area contributed by atoms with Crippen molar-refractivity contribution in [3.63, 3.8) is 0 Å². The summed E-state index contributed by atoms with van der Waals surface area (Å²) >= 11 is 3.04. The number of alkyl halides is 3. The van der Waals surface area contributed by atoms with E-state index in [-0.39, 0.29) is 17.4 Å². The van der Waals surface area contributed by atoms with E-state index in [0.717, 1.165) is 22.0 Å². The van der Waals surface area contributed by atoms with Crippen molar-refractivity contribution in [1.82, 2.24) is 15.2 Å². The number of aromatic nitrogens is 1. The Bertz CT molecular complexity index is 1400. The van der Waals surface area contributed by atoms with E-state index in [1.807, 2.05) is 29.6 Å². The third-order valence-corrected chi connectivity index (χ3v) is 8.37. The van der Waals surface area contributed by atoms with Gasteiger partial charge in [0.15, 0.2) is 0 Å². The number of carbonyl (C=O) groups is 2. The number of thiophene rings is 1. The first-order valence-electron chi connectivity index (χ1n) is 11.5. The van der Waals surface area contributed by atoms with Crippen LogP contribution in [0.25, 0.3) is 10.1 Å². The van der Waals surface area contributed by atoms with Gasteiger partial charge < -0.3 is 10.2 Å². The van der Waals surface area contributed by atoms with Crippen molar-refractivity contribution in [2.75, 3.05) is 13.1 Å². The van der Waals surface area contributed by atoms with Crippen molar-refractivity contribution in [2.24, 2.45) is 0 Å². The first-order chi connectivity index (χ1) is 17.3. The van der Waals surface area contributed by atoms with Gasteiger partial charge in [0.2, 0.25) is 0 Å². The Balaban J connectivity index is 1.19. The SMILES string of the molecule is O=C(NCc1csc2ccccc12)c1csc(C2CCN(C(=O)c3ccccc3C(F)(F)F)CC2)n1. The highest BCUT2D eigenvalue weighted by atomic mass is 32.1. The van der Waals surface area contributed by atoms with Gasteiger partial charge in [0.1, 0.15) is 5.69 Å². The lowest BCUT2D eigenvalue weighted by Gasteiger charge is -2.31. The number of benzene rings is 2. The number of piperidine rings is 1. The predicted molar refractivity (Wildman–Crippen MR) is 134 cm³/mol. The van der Waals surface area contributed by atoms with Crippen LogP contribution in [0.1, 0.15) is 55.7 Å². The third kappa shape index (κ3) is 5.01. The smallest absolute Gasteiger partial charge is 0.347 e. The lowest BCUT2D eigenvalue weighted by atomic mass is 9.96. The van der Waals surface area contributed by atoms with Gasteiger partial charge in [0, 0.05) is 35.6 Å². The minimum absolute atomic E-state index is 0.0549. The van der Waals surface area contributed by atoms with Crippen LogP contribution in [0.3, 0.4) is 0 Å². The average molecular weight is 530 g/mol. The second-order valence-electron chi connectivity index (χ2n) is 8.62. The normalized spacial score (nSPS) is 14.8. The molecule has 3 heterocycles. The van der Waals surface area contributed by atoms with Crippen LogP contribution in [-0.2, 0) is 12.7 Å². The molecule has 2 aromatic heterocycles. The van der Waals surface area contributed by atoms with Crippen molar-refractivity contribution in [2.45, 2.75) is 31.5 Å². The van der Waals surface area contributed by atoms with E-state index in [1.54, 1.807) is 16.7 Å². The Kier molecular flexibility index (Phi) is 6.81. The summed E-state index contributed by atoms with van der Waals surface area (Å²) in [7, 11) is 0. The van der Waals surface area contributed by atoms with Gasteiger partial charge in [0.05, 0.1) is 16.1 Å². The molecule has 0 unspecified atom stereocenters. The number of likely N-dealkylation sites (tertiary alicyclic amines) is 1. The summed E-state index contributed by atoms with van der Waals surface area (Å²) < 4.78 is 41.1. The Hall–Kier alpha value is -3.24. The molecular weight excluding hydrogens is 507 g/mol. The highest BCUT2D eigenvalue weighted by molar-refractivity contribution is 7.17. The molecule has 2 amide bonds. The standard InChI is InChI=1S/C26H22F3N3O2S2/c27-26(28,29)20-7-3-1-6-19(20)25(34)32-11-9-16(10-12-32)24-31-21(15-36-24)23(33)30-13-17-14-35-22-8-4-2-5-18(17)22/h1-8,14-16H,9-13H2,(H,30,33). The van der Waals surface area contributed by atoms with Gasteiger partial charge in [-0.2, -0.15) is 13.2 Å². The van der Waals surface area contributed by atoms with E-state index in [4.69, 9.17) is 0 Å². The molecule has 186 valence electrons. The molecule has 5 nitrogen and oxygen atoms in total. The summed E-state index contributed by atoms with van der Waals surface area (Å²) in [4.78, 5) is 31.5. The largest absolute Gasteiger partial charge is 0.417 e. The van der Waals surface area contributed by atoms with Gasteiger partial charge in [-0.15, -0.1) is 22.7 Å². The maximum absolute atomic E-state index is 13.3. The molecule has 0 saturated carbocycles. The molecule has 10 heteroatoms. The van der Waals surface area contributed by atoms with Crippen LogP contribution in [0, 0.1) is 0 Å². The van der Waals surface area contributed by atoms with Gasteiger partial charge in [-0.1, -0.05) is 30.3 Å². The molecule has 0 spiro atoms. The molecular formula is C26H22F3N3O2S2. The molecule has 0 aliphatic carbocycles. The highest BCUT2D eigenvalue weighted by Crippen LogP contribution is 2.35. The van der Waals surface area contributed by atoms with E-state index in [0.29, 0.717) is 38.2 Å². The summed E-state index contributed by atoms with van der Waals surface area (Å²) in [6.45, 7) is 1.08. The summed E-state index contributed by atoms with van der Waals surface area (Å²) in [5.41, 5.74) is 0.175. The van der Waals surface area contributed by atoms with Gasteiger partial charge in [-0.25, -0.2) is 4.98 Å². The number of hydrogen-bond donors (Lipinski definition) is 1. The lowest BCUT2D eigenvalue weighted by molar-refractivity contribution is -0.138. The quantitative estimate of drug-likeness (QED) is 0.329. The summed E-state index contributed by atoms with van der Waals surface area (Å²) in [5, 5.41) is 8.64.